The minimum Gasteiger partial charge on any atom is -0.272 e. The molecule has 0 aliphatic heterocycles. The quantitative estimate of drug-likeness (QED) is 0.633. The Morgan fingerprint density at radius 2 is 2.08 bits per heavy atom. The van der Waals surface area contributed by atoms with Crippen LogP contribution in [0.5, 0.6) is 0 Å². The highest BCUT2D eigenvalue weighted by atomic mass is 35.5. The van der Waals surface area contributed by atoms with E-state index in [2.05, 4.69) is 10.1 Å². The molecule has 0 amide bonds. The van der Waals surface area contributed by atoms with Crippen LogP contribution >= 0.6 is 23.2 Å². The molecule has 2 rings (SSSR count). The molecule has 0 saturated heterocycles. The van der Waals surface area contributed by atoms with Gasteiger partial charge in [0.25, 0.3) is 0 Å². The smallest absolute Gasteiger partial charge is 0.142 e. The lowest BCUT2D eigenvalue weighted by molar-refractivity contribution is 0.751. The van der Waals surface area contributed by atoms with Gasteiger partial charge in [0.1, 0.15) is 10.3 Å². The van der Waals surface area contributed by atoms with Crippen molar-refractivity contribution in [2.24, 2.45) is 7.05 Å². The normalized spacial score (nSPS) is 11.1. The molecule has 2 heterocycles. The van der Waals surface area contributed by atoms with Gasteiger partial charge in [-0.25, -0.2) is 4.98 Å². The van der Waals surface area contributed by atoms with Gasteiger partial charge in [-0.1, -0.05) is 23.2 Å². The van der Waals surface area contributed by atoms with Gasteiger partial charge >= 0.3 is 0 Å². The van der Waals surface area contributed by atoms with Gasteiger partial charge < -0.3 is 0 Å². The molecule has 0 saturated carbocycles. The predicted octanol–water partition coefficient (Wildman–Crippen LogP) is 2.58. The summed E-state index contributed by atoms with van der Waals surface area (Å²) in [5.74, 6) is 0. The van der Waals surface area contributed by atoms with E-state index in [-0.39, 0.29) is 0 Å². The molecule has 3 nitrogen and oxygen atoms in total. The van der Waals surface area contributed by atoms with E-state index in [0.29, 0.717) is 10.3 Å². The van der Waals surface area contributed by atoms with Crippen LogP contribution in [0, 0.1) is 6.92 Å². The van der Waals surface area contributed by atoms with E-state index < -0.39 is 0 Å². The maximum absolute atomic E-state index is 5.93. The molecule has 0 aliphatic carbocycles. The minimum atomic E-state index is 0.371. The van der Waals surface area contributed by atoms with Crippen LogP contribution in [-0.4, -0.2) is 14.8 Å². The van der Waals surface area contributed by atoms with Crippen molar-refractivity contribution in [1.29, 1.82) is 0 Å². The average molecular weight is 216 g/mol. The van der Waals surface area contributed by atoms with Gasteiger partial charge in [0.05, 0.1) is 10.9 Å². The van der Waals surface area contributed by atoms with E-state index in [9.17, 15) is 0 Å². The van der Waals surface area contributed by atoms with Crippen LogP contribution in [0.25, 0.3) is 10.9 Å². The highest BCUT2D eigenvalue weighted by molar-refractivity contribution is 6.36. The Morgan fingerprint density at radius 1 is 1.38 bits per heavy atom. The summed E-state index contributed by atoms with van der Waals surface area (Å²) in [7, 11) is 1.86. The first kappa shape index (κ1) is 8.78. The summed E-state index contributed by atoms with van der Waals surface area (Å²) in [5, 5.41) is 5.89. The van der Waals surface area contributed by atoms with E-state index >= 15 is 0 Å². The zero-order valence-electron chi connectivity index (χ0n) is 7.17. The van der Waals surface area contributed by atoms with E-state index in [0.717, 1.165) is 16.6 Å². The van der Waals surface area contributed by atoms with Crippen LogP contribution in [0.2, 0.25) is 10.3 Å². The summed E-state index contributed by atoms with van der Waals surface area (Å²) in [6.07, 6.45) is 0. The molecule has 0 fully saturated rings. The van der Waals surface area contributed by atoms with Crippen LogP contribution in [0.4, 0.5) is 0 Å². The largest absolute Gasteiger partial charge is 0.272 e. The molecule has 5 heteroatoms. The number of pyridine rings is 1. The molecule has 68 valence electrons. The highest BCUT2D eigenvalue weighted by Gasteiger charge is 2.10. The van der Waals surface area contributed by atoms with Gasteiger partial charge in [0.15, 0.2) is 0 Å². The maximum Gasteiger partial charge on any atom is 0.142 e. The number of rotatable bonds is 0. The SMILES string of the molecule is Cc1c2c(Cl)nc(Cl)cc2nn1C. The summed E-state index contributed by atoms with van der Waals surface area (Å²) >= 11 is 11.7. The zero-order valence-corrected chi connectivity index (χ0v) is 8.69. The lowest BCUT2D eigenvalue weighted by Crippen LogP contribution is -1.91. The molecule has 0 bridgehead atoms. The molecular formula is C8H7Cl2N3. The summed E-state index contributed by atoms with van der Waals surface area (Å²) in [5.41, 5.74) is 1.77. The number of aromatic nitrogens is 3. The first-order valence-electron chi connectivity index (χ1n) is 3.75. The second kappa shape index (κ2) is 2.86. The third-order valence-electron chi connectivity index (χ3n) is 2.03. The van der Waals surface area contributed by atoms with Crippen LogP contribution in [0.15, 0.2) is 6.07 Å². The summed E-state index contributed by atoms with van der Waals surface area (Å²) in [4.78, 5) is 3.95. The number of hydrogen-bond acceptors (Lipinski definition) is 2. The fourth-order valence-corrected chi connectivity index (χ4v) is 1.84. The van der Waals surface area contributed by atoms with E-state index in [1.54, 1.807) is 10.7 Å². The standard InChI is InChI=1S/C8H7Cl2N3/c1-4-7-5(12-13(4)2)3-6(9)11-8(7)10/h3H,1-2H3. The molecule has 0 aromatic carbocycles. The van der Waals surface area contributed by atoms with E-state index in [4.69, 9.17) is 23.2 Å². The second-order valence-corrected chi connectivity index (χ2v) is 3.58. The molecule has 0 unspecified atom stereocenters. The van der Waals surface area contributed by atoms with Crippen LogP contribution < -0.4 is 0 Å². The van der Waals surface area contributed by atoms with E-state index in [1.165, 1.54) is 0 Å². The van der Waals surface area contributed by atoms with Gasteiger partial charge in [0.2, 0.25) is 0 Å². The Balaban J connectivity index is 2.94. The average Bonchev–Trinajstić information content (AvgIpc) is 2.27. The van der Waals surface area contributed by atoms with Crippen molar-refractivity contribution in [2.45, 2.75) is 6.92 Å². The number of hydrogen-bond donors (Lipinski definition) is 0. The highest BCUT2D eigenvalue weighted by Crippen LogP contribution is 2.26. The Kier molecular flexibility index (Phi) is 1.93. The molecule has 0 atom stereocenters. The van der Waals surface area contributed by atoms with Crippen molar-refractivity contribution in [2.75, 3.05) is 0 Å². The molecule has 0 N–H and O–H groups in total. The summed E-state index contributed by atoms with van der Waals surface area (Å²) < 4.78 is 1.76. The number of aryl methyl sites for hydroxylation is 2. The molecule has 0 spiro atoms. The fraction of sp³-hybridized carbons (Fsp3) is 0.250. The van der Waals surface area contributed by atoms with Crippen molar-refractivity contribution in [1.82, 2.24) is 14.8 Å². The predicted molar refractivity (Wildman–Crippen MR) is 53.3 cm³/mol. The van der Waals surface area contributed by atoms with E-state index in [1.807, 2.05) is 14.0 Å². The van der Waals surface area contributed by atoms with Crippen molar-refractivity contribution in [3.05, 3.63) is 22.1 Å². The zero-order chi connectivity index (χ0) is 9.59. The fourth-order valence-electron chi connectivity index (χ4n) is 1.28. The Morgan fingerprint density at radius 3 is 2.77 bits per heavy atom. The molecular weight excluding hydrogens is 209 g/mol. The summed E-state index contributed by atoms with van der Waals surface area (Å²) in [6, 6.07) is 1.70. The number of fused-ring (bicyclic) bond motifs is 1. The minimum absolute atomic E-state index is 0.371. The lowest BCUT2D eigenvalue weighted by Gasteiger charge is -1.94. The first-order valence-corrected chi connectivity index (χ1v) is 4.50. The number of nitrogens with zero attached hydrogens (tertiary/aromatic N) is 3. The molecule has 13 heavy (non-hydrogen) atoms. The Labute approximate surface area is 85.3 Å². The monoisotopic (exact) mass is 215 g/mol. The third-order valence-corrected chi connectivity index (χ3v) is 2.50. The Hall–Kier alpha value is -0.800. The summed E-state index contributed by atoms with van der Waals surface area (Å²) in [6.45, 7) is 1.94. The topological polar surface area (TPSA) is 30.7 Å². The molecule has 2 aromatic heterocycles. The first-order chi connectivity index (χ1) is 6.09. The van der Waals surface area contributed by atoms with Crippen molar-refractivity contribution < 1.29 is 0 Å². The number of halogens is 2. The van der Waals surface area contributed by atoms with Crippen LogP contribution in [0.1, 0.15) is 5.69 Å². The molecule has 0 aliphatic rings. The van der Waals surface area contributed by atoms with Crippen LogP contribution in [-0.2, 0) is 7.05 Å². The molecule has 2 aromatic rings. The lowest BCUT2D eigenvalue weighted by atomic mass is 10.3. The third kappa shape index (κ3) is 1.28. The van der Waals surface area contributed by atoms with Gasteiger partial charge in [-0.3, -0.25) is 4.68 Å². The van der Waals surface area contributed by atoms with Crippen molar-refractivity contribution >= 4 is 34.1 Å². The van der Waals surface area contributed by atoms with Crippen molar-refractivity contribution in [3.63, 3.8) is 0 Å². The molecule has 0 radical (unpaired) electrons. The second-order valence-electron chi connectivity index (χ2n) is 2.84. The van der Waals surface area contributed by atoms with Gasteiger partial charge in [-0.05, 0) is 6.92 Å². The van der Waals surface area contributed by atoms with Gasteiger partial charge in [-0.15, -0.1) is 0 Å². The van der Waals surface area contributed by atoms with Gasteiger partial charge in [-0.2, -0.15) is 5.10 Å². The van der Waals surface area contributed by atoms with Crippen LogP contribution in [0.3, 0.4) is 0 Å². The maximum atomic E-state index is 5.93. The Bertz CT molecular complexity index is 476. The van der Waals surface area contributed by atoms with Crippen molar-refractivity contribution in [3.8, 4) is 0 Å². The van der Waals surface area contributed by atoms with Gasteiger partial charge in [0, 0.05) is 18.8 Å².